The number of carbonyl (C=O) groups is 1. The molecule has 1 saturated heterocycles. The summed E-state index contributed by atoms with van der Waals surface area (Å²) in [5, 5.41) is 14.4. The highest BCUT2D eigenvalue weighted by atomic mass is 32.1. The normalized spacial score (nSPS) is 14.7. The number of halogens is 3. The number of benzene rings is 3. The largest absolute Gasteiger partial charge is 0.493 e. The van der Waals surface area contributed by atoms with Crippen LogP contribution >= 0.6 is 12.2 Å². The van der Waals surface area contributed by atoms with E-state index >= 15 is 0 Å². The van der Waals surface area contributed by atoms with Crippen molar-refractivity contribution in [1.82, 2.24) is 5.32 Å². The number of carbonyl (C=O) groups excluding carboxylic acids is 1. The van der Waals surface area contributed by atoms with E-state index in [1.54, 1.807) is 30.3 Å². The molecule has 0 bridgehead atoms. The molecule has 1 heterocycles. The molecule has 12 heteroatoms. The van der Waals surface area contributed by atoms with Crippen LogP contribution in [0.3, 0.4) is 0 Å². The zero-order chi connectivity index (χ0) is 26.0. The number of rotatable bonds is 6. The molecule has 36 heavy (non-hydrogen) atoms. The van der Waals surface area contributed by atoms with Crippen molar-refractivity contribution in [3.05, 3.63) is 93.7 Å². The Morgan fingerprint density at radius 3 is 2.36 bits per heavy atom. The lowest BCUT2D eigenvalue weighted by Crippen LogP contribution is -2.30. The third-order valence-electron chi connectivity index (χ3n) is 5.09. The molecule has 1 aliphatic heterocycles. The van der Waals surface area contributed by atoms with Gasteiger partial charge in [0.1, 0.15) is 5.70 Å². The standard InChI is InChI=1S/C24H16F3N3O5S/c1-34-21-12-14(11-17-22(31)29(23(36)28-17)16-5-3-2-4-6-16)7-9-20(21)35-19-10-8-15(24(25,26)27)13-18(19)30(32)33/h2-13H,1H3,(H,28,36)/b17-11+. The van der Waals surface area contributed by atoms with Crippen LogP contribution in [-0.4, -0.2) is 23.1 Å². The van der Waals surface area contributed by atoms with Crippen molar-refractivity contribution in [3.63, 3.8) is 0 Å². The maximum Gasteiger partial charge on any atom is 0.416 e. The minimum absolute atomic E-state index is 0.0228. The Morgan fingerprint density at radius 1 is 1.03 bits per heavy atom. The molecular weight excluding hydrogens is 499 g/mol. The van der Waals surface area contributed by atoms with Crippen LogP contribution in [0.25, 0.3) is 6.08 Å². The van der Waals surface area contributed by atoms with Crippen LogP contribution in [-0.2, 0) is 11.0 Å². The summed E-state index contributed by atoms with van der Waals surface area (Å²) in [6, 6.07) is 15.3. The van der Waals surface area contributed by atoms with E-state index in [9.17, 15) is 28.1 Å². The fourth-order valence-corrected chi connectivity index (χ4v) is 3.71. The van der Waals surface area contributed by atoms with Crippen molar-refractivity contribution in [2.45, 2.75) is 6.18 Å². The Labute approximate surface area is 207 Å². The molecule has 1 fully saturated rings. The van der Waals surface area contributed by atoms with Gasteiger partial charge in [-0.05, 0) is 60.3 Å². The first kappa shape index (κ1) is 24.7. The van der Waals surface area contributed by atoms with E-state index in [4.69, 9.17) is 21.7 Å². The first-order chi connectivity index (χ1) is 17.1. The van der Waals surface area contributed by atoms with Crippen molar-refractivity contribution < 1.29 is 32.4 Å². The molecular formula is C24H16F3N3O5S. The monoisotopic (exact) mass is 515 g/mol. The van der Waals surface area contributed by atoms with Gasteiger partial charge in [0.25, 0.3) is 5.91 Å². The maximum absolute atomic E-state index is 13.0. The van der Waals surface area contributed by atoms with E-state index in [1.807, 2.05) is 6.07 Å². The SMILES string of the molecule is COc1cc(/C=C2/NC(=S)N(c3ccccc3)C2=O)ccc1Oc1ccc(C(F)(F)F)cc1[N+](=O)[O-]. The van der Waals surface area contributed by atoms with Crippen LogP contribution in [0, 0.1) is 10.1 Å². The number of alkyl halides is 3. The maximum atomic E-state index is 13.0. The summed E-state index contributed by atoms with van der Waals surface area (Å²) >= 11 is 5.28. The van der Waals surface area contributed by atoms with Crippen molar-refractivity contribution in [2.24, 2.45) is 0 Å². The Bertz CT molecular complexity index is 1390. The summed E-state index contributed by atoms with van der Waals surface area (Å²) in [5.41, 5.74) is -0.712. The highest BCUT2D eigenvalue weighted by molar-refractivity contribution is 7.80. The number of nitro groups is 1. The molecule has 4 rings (SSSR count). The highest BCUT2D eigenvalue weighted by Gasteiger charge is 2.34. The summed E-state index contributed by atoms with van der Waals surface area (Å²) in [4.78, 5) is 24.6. The average molecular weight is 515 g/mol. The molecule has 3 aromatic carbocycles. The van der Waals surface area contributed by atoms with Gasteiger partial charge in [-0.25, -0.2) is 0 Å². The van der Waals surface area contributed by atoms with E-state index in [1.165, 1.54) is 30.2 Å². The van der Waals surface area contributed by atoms with Crippen LogP contribution in [0.5, 0.6) is 17.2 Å². The van der Waals surface area contributed by atoms with E-state index in [-0.39, 0.29) is 28.2 Å². The van der Waals surface area contributed by atoms with E-state index in [0.29, 0.717) is 23.4 Å². The first-order valence-electron chi connectivity index (χ1n) is 10.2. The predicted octanol–water partition coefficient (Wildman–Crippen LogP) is 5.68. The molecule has 0 atom stereocenters. The average Bonchev–Trinajstić information content (AvgIpc) is 3.12. The Morgan fingerprint density at radius 2 is 1.72 bits per heavy atom. The van der Waals surface area contributed by atoms with Crippen LogP contribution in [0.4, 0.5) is 24.5 Å². The highest BCUT2D eigenvalue weighted by Crippen LogP contribution is 2.40. The van der Waals surface area contributed by atoms with Gasteiger partial charge in [-0.2, -0.15) is 13.2 Å². The molecule has 0 saturated carbocycles. The molecule has 0 spiro atoms. The van der Waals surface area contributed by atoms with Crippen molar-refractivity contribution in [2.75, 3.05) is 12.0 Å². The summed E-state index contributed by atoms with van der Waals surface area (Å²) in [7, 11) is 1.32. The van der Waals surface area contributed by atoms with Gasteiger partial charge in [0.15, 0.2) is 16.6 Å². The van der Waals surface area contributed by atoms with Crippen LogP contribution in [0.1, 0.15) is 11.1 Å². The summed E-state index contributed by atoms with van der Waals surface area (Å²) < 4.78 is 49.7. The number of amides is 1. The third-order valence-corrected chi connectivity index (χ3v) is 5.38. The second-order valence-corrected chi connectivity index (χ2v) is 7.80. The molecule has 8 nitrogen and oxygen atoms in total. The second-order valence-electron chi connectivity index (χ2n) is 7.41. The molecule has 3 aromatic rings. The van der Waals surface area contributed by atoms with Crippen molar-refractivity contribution >= 4 is 40.7 Å². The summed E-state index contributed by atoms with van der Waals surface area (Å²) in [6.45, 7) is 0. The molecule has 0 radical (unpaired) electrons. The number of hydrogen-bond acceptors (Lipinski definition) is 6. The fourth-order valence-electron chi connectivity index (χ4n) is 3.41. The number of thiocarbonyl (C=S) groups is 1. The number of nitro benzene ring substituents is 1. The topological polar surface area (TPSA) is 93.9 Å². The zero-order valence-corrected chi connectivity index (χ0v) is 19.2. The van der Waals surface area contributed by atoms with Crippen LogP contribution in [0.15, 0.2) is 72.4 Å². The molecule has 0 aliphatic carbocycles. The summed E-state index contributed by atoms with van der Waals surface area (Å²) in [5.74, 6) is -0.610. The van der Waals surface area contributed by atoms with E-state index < -0.39 is 28.1 Å². The Hall–Kier alpha value is -4.45. The van der Waals surface area contributed by atoms with Gasteiger partial charge in [0.05, 0.1) is 23.3 Å². The van der Waals surface area contributed by atoms with Gasteiger partial charge in [-0.15, -0.1) is 0 Å². The predicted molar refractivity (Wildman–Crippen MR) is 129 cm³/mol. The van der Waals surface area contributed by atoms with E-state index in [0.717, 1.165) is 6.07 Å². The third kappa shape index (κ3) is 4.98. The lowest BCUT2D eigenvalue weighted by atomic mass is 10.1. The molecule has 0 unspecified atom stereocenters. The van der Waals surface area contributed by atoms with Gasteiger partial charge in [-0.3, -0.25) is 19.8 Å². The number of para-hydroxylation sites is 1. The van der Waals surface area contributed by atoms with Gasteiger partial charge in [-0.1, -0.05) is 24.3 Å². The Kier molecular flexibility index (Phi) is 6.62. The molecule has 1 N–H and O–H groups in total. The number of ether oxygens (including phenoxy) is 2. The lowest BCUT2D eigenvalue weighted by molar-refractivity contribution is -0.385. The quantitative estimate of drug-likeness (QED) is 0.195. The van der Waals surface area contributed by atoms with Gasteiger partial charge >= 0.3 is 11.9 Å². The molecule has 1 aliphatic rings. The zero-order valence-electron chi connectivity index (χ0n) is 18.4. The van der Waals surface area contributed by atoms with Crippen LogP contribution < -0.4 is 19.7 Å². The molecule has 1 amide bonds. The van der Waals surface area contributed by atoms with Crippen molar-refractivity contribution in [1.29, 1.82) is 0 Å². The smallest absolute Gasteiger partial charge is 0.416 e. The summed E-state index contributed by atoms with van der Waals surface area (Å²) in [6.07, 6.45) is -3.22. The number of nitrogens with zero attached hydrogens (tertiary/aromatic N) is 2. The number of methoxy groups -OCH3 is 1. The molecule has 0 aromatic heterocycles. The number of nitrogens with one attached hydrogen (secondary N) is 1. The molecule has 184 valence electrons. The fraction of sp³-hybridized carbons (Fsp3) is 0.0833. The Balaban J connectivity index is 1.62. The van der Waals surface area contributed by atoms with E-state index in [2.05, 4.69) is 5.32 Å². The number of hydrogen-bond donors (Lipinski definition) is 1. The van der Waals surface area contributed by atoms with Gasteiger partial charge in [0, 0.05) is 6.07 Å². The van der Waals surface area contributed by atoms with Crippen molar-refractivity contribution in [3.8, 4) is 17.2 Å². The number of anilines is 1. The second kappa shape index (κ2) is 9.66. The van der Waals surface area contributed by atoms with Gasteiger partial charge < -0.3 is 14.8 Å². The minimum Gasteiger partial charge on any atom is -0.493 e. The first-order valence-corrected chi connectivity index (χ1v) is 10.6. The minimum atomic E-state index is -4.75. The van der Waals surface area contributed by atoms with Crippen LogP contribution in [0.2, 0.25) is 0 Å². The van der Waals surface area contributed by atoms with Gasteiger partial charge in [0.2, 0.25) is 5.75 Å². The lowest BCUT2D eigenvalue weighted by Gasteiger charge is -2.13.